The average molecular weight is 411 g/mol. The standard InChI is InChI=1S/C22H19ClN2O2S/c1-14-4-3-5-18(12-14)24-22-25(13-15(2)28-22)21(26)20-11-10-19(27-20)16-6-8-17(23)9-7-16/h3-12,15H,13H2,1-2H3. The molecule has 1 fully saturated rings. The minimum absolute atomic E-state index is 0.177. The van der Waals surface area contributed by atoms with E-state index in [0.29, 0.717) is 28.3 Å². The summed E-state index contributed by atoms with van der Waals surface area (Å²) in [7, 11) is 0. The Labute approximate surface area is 173 Å². The fourth-order valence-electron chi connectivity index (χ4n) is 3.04. The summed E-state index contributed by atoms with van der Waals surface area (Å²) in [4.78, 5) is 19.5. The van der Waals surface area contributed by atoms with E-state index in [1.54, 1.807) is 40.9 Å². The minimum Gasteiger partial charge on any atom is -0.451 e. The van der Waals surface area contributed by atoms with E-state index in [4.69, 9.17) is 21.0 Å². The number of furan rings is 1. The van der Waals surface area contributed by atoms with Crippen LogP contribution in [0.3, 0.4) is 0 Å². The van der Waals surface area contributed by atoms with Crippen molar-refractivity contribution in [2.45, 2.75) is 19.1 Å². The molecule has 1 aliphatic heterocycles. The molecule has 1 unspecified atom stereocenters. The molecule has 0 spiro atoms. The Morgan fingerprint density at radius 2 is 1.96 bits per heavy atom. The van der Waals surface area contributed by atoms with Crippen LogP contribution in [-0.2, 0) is 0 Å². The Morgan fingerprint density at radius 3 is 2.71 bits per heavy atom. The van der Waals surface area contributed by atoms with Crippen LogP contribution in [0.5, 0.6) is 0 Å². The number of carbonyl (C=O) groups excluding carboxylic acids is 1. The number of amides is 1. The van der Waals surface area contributed by atoms with Crippen LogP contribution in [0.2, 0.25) is 5.02 Å². The van der Waals surface area contributed by atoms with Crippen molar-refractivity contribution in [1.29, 1.82) is 0 Å². The highest BCUT2D eigenvalue weighted by Gasteiger charge is 2.33. The zero-order chi connectivity index (χ0) is 19.7. The van der Waals surface area contributed by atoms with E-state index in [0.717, 1.165) is 16.8 Å². The van der Waals surface area contributed by atoms with Gasteiger partial charge in [0, 0.05) is 22.4 Å². The molecule has 0 bridgehead atoms. The largest absolute Gasteiger partial charge is 0.451 e. The lowest BCUT2D eigenvalue weighted by Crippen LogP contribution is -2.32. The van der Waals surface area contributed by atoms with Gasteiger partial charge in [-0.25, -0.2) is 4.99 Å². The van der Waals surface area contributed by atoms with Crippen LogP contribution in [0.15, 0.2) is 70.1 Å². The quantitative estimate of drug-likeness (QED) is 0.518. The molecule has 0 N–H and O–H groups in total. The number of amidine groups is 1. The first kappa shape index (κ1) is 18.8. The zero-order valence-corrected chi connectivity index (χ0v) is 17.1. The molecular weight excluding hydrogens is 392 g/mol. The summed E-state index contributed by atoms with van der Waals surface area (Å²) in [5.74, 6) is 0.761. The molecule has 2 heterocycles. The van der Waals surface area contributed by atoms with Gasteiger partial charge in [-0.3, -0.25) is 9.69 Å². The second kappa shape index (κ2) is 7.86. The lowest BCUT2D eigenvalue weighted by Gasteiger charge is -2.14. The van der Waals surface area contributed by atoms with Crippen LogP contribution < -0.4 is 0 Å². The molecule has 2 aromatic carbocycles. The summed E-state index contributed by atoms with van der Waals surface area (Å²) < 4.78 is 5.84. The fraction of sp³-hybridized carbons (Fsp3) is 0.182. The smallest absolute Gasteiger partial charge is 0.295 e. The number of hydrogen-bond donors (Lipinski definition) is 0. The number of nitrogens with zero attached hydrogens (tertiary/aromatic N) is 2. The molecule has 1 amide bonds. The predicted molar refractivity (Wildman–Crippen MR) is 116 cm³/mol. The molecule has 0 saturated carbocycles. The number of halogens is 1. The summed E-state index contributed by atoms with van der Waals surface area (Å²) >= 11 is 7.54. The maximum atomic E-state index is 13.1. The second-order valence-electron chi connectivity index (χ2n) is 6.75. The third-order valence-electron chi connectivity index (χ3n) is 4.39. The molecule has 0 radical (unpaired) electrons. The first-order valence-corrected chi connectivity index (χ1v) is 10.2. The lowest BCUT2D eigenvalue weighted by molar-refractivity contribution is 0.0826. The van der Waals surface area contributed by atoms with Crippen LogP contribution in [0.25, 0.3) is 11.3 Å². The van der Waals surface area contributed by atoms with Crippen molar-refractivity contribution in [3.8, 4) is 11.3 Å². The van der Waals surface area contributed by atoms with Crippen molar-refractivity contribution in [1.82, 2.24) is 4.90 Å². The van der Waals surface area contributed by atoms with E-state index in [-0.39, 0.29) is 11.2 Å². The molecule has 6 heteroatoms. The summed E-state index contributed by atoms with van der Waals surface area (Å²) in [5, 5.41) is 1.64. The molecule has 3 aromatic rings. The third kappa shape index (κ3) is 4.01. The van der Waals surface area contributed by atoms with Crippen molar-refractivity contribution in [3.05, 3.63) is 77.0 Å². The highest BCUT2D eigenvalue weighted by Crippen LogP contribution is 2.31. The number of rotatable bonds is 3. The Bertz CT molecular complexity index is 1040. The van der Waals surface area contributed by atoms with Gasteiger partial charge in [-0.1, -0.05) is 42.4 Å². The van der Waals surface area contributed by atoms with Gasteiger partial charge in [0.1, 0.15) is 5.76 Å². The van der Waals surface area contributed by atoms with E-state index >= 15 is 0 Å². The highest BCUT2D eigenvalue weighted by atomic mass is 35.5. The normalized spacial score (nSPS) is 18.0. The van der Waals surface area contributed by atoms with E-state index in [9.17, 15) is 4.79 Å². The van der Waals surface area contributed by atoms with Gasteiger partial charge in [-0.15, -0.1) is 0 Å². The van der Waals surface area contributed by atoms with E-state index in [1.165, 1.54) is 0 Å². The van der Waals surface area contributed by atoms with Crippen LogP contribution in [0.4, 0.5) is 5.69 Å². The Hall–Kier alpha value is -2.50. The summed E-state index contributed by atoms with van der Waals surface area (Å²) in [6, 6.07) is 18.8. The number of carbonyl (C=O) groups is 1. The van der Waals surface area contributed by atoms with Crippen molar-refractivity contribution < 1.29 is 9.21 Å². The van der Waals surface area contributed by atoms with Gasteiger partial charge in [0.05, 0.1) is 5.69 Å². The number of thioether (sulfide) groups is 1. The topological polar surface area (TPSA) is 45.8 Å². The molecule has 28 heavy (non-hydrogen) atoms. The van der Waals surface area contributed by atoms with Crippen LogP contribution >= 0.6 is 23.4 Å². The lowest BCUT2D eigenvalue weighted by atomic mass is 10.2. The van der Waals surface area contributed by atoms with Gasteiger partial charge in [0.2, 0.25) is 0 Å². The average Bonchev–Trinajstić information content (AvgIpc) is 3.29. The number of aliphatic imine (C=N–C) groups is 1. The first-order valence-electron chi connectivity index (χ1n) is 8.99. The Balaban J connectivity index is 1.60. The molecule has 1 aliphatic rings. The maximum absolute atomic E-state index is 13.1. The highest BCUT2D eigenvalue weighted by molar-refractivity contribution is 8.14. The number of benzene rings is 2. The predicted octanol–water partition coefficient (Wildman–Crippen LogP) is 6.17. The van der Waals surface area contributed by atoms with Crippen LogP contribution in [-0.4, -0.2) is 27.8 Å². The monoisotopic (exact) mass is 410 g/mol. The van der Waals surface area contributed by atoms with Gasteiger partial charge in [-0.05, 0) is 61.0 Å². The Morgan fingerprint density at radius 1 is 1.18 bits per heavy atom. The first-order chi connectivity index (χ1) is 13.5. The molecule has 142 valence electrons. The summed E-state index contributed by atoms with van der Waals surface area (Å²) in [5.41, 5.74) is 2.85. The maximum Gasteiger partial charge on any atom is 0.295 e. The van der Waals surface area contributed by atoms with Crippen molar-refractivity contribution >= 4 is 40.1 Å². The fourth-order valence-corrected chi connectivity index (χ4v) is 4.19. The van der Waals surface area contributed by atoms with Gasteiger partial charge in [-0.2, -0.15) is 0 Å². The second-order valence-corrected chi connectivity index (χ2v) is 8.59. The van der Waals surface area contributed by atoms with Crippen molar-refractivity contribution in [3.63, 3.8) is 0 Å². The molecule has 1 atom stereocenters. The van der Waals surface area contributed by atoms with Crippen LogP contribution in [0.1, 0.15) is 23.0 Å². The Kier molecular flexibility index (Phi) is 5.29. The van der Waals surface area contributed by atoms with E-state index in [1.807, 2.05) is 43.3 Å². The molecule has 4 nitrogen and oxygen atoms in total. The van der Waals surface area contributed by atoms with Gasteiger partial charge >= 0.3 is 0 Å². The van der Waals surface area contributed by atoms with Gasteiger partial charge in [0.15, 0.2) is 10.9 Å². The molecule has 1 saturated heterocycles. The number of hydrogen-bond acceptors (Lipinski definition) is 4. The van der Waals surface area contributed by atoms with Crippen LogP contribution in [0, 0.1) is 6.92 Å². The third-order valence-corrected chi connectivity index (χ3v) is 5.72. The SMILES string of the molecule is Cc1cccc(N=C2SC(C)CN2C(=O)c2ccc(-c3ccc(Cl)cc3)o2)c1. The summed E-state index contributed by atoms with van der Waals surface area (Å²) in [6.45, 7) is 4.72. The van der Waals surface area contributed by atoms with E-state index in [2.05, 4.69) is 6.92 Å². The molecular formula is C22H19ClN2O2S. The zero-order valence-electron chi connectivity index (χ0n) is 15.6. The minimum atomic E-state index is -0.177. The van der Waals surface area contributed by atoms with Crippen molar-refractivity contribution in [2.75, 3.05) is 6.54 Å². The molecule has 4 rings (SSSR count). The summed E-state index contributed by atoms with van der Waals surface area (Å²) in [6.07, 6.45) is 0. The molecule has 0 aliphatic carbocycles. The molecule has 1 aromatic heterocycles. The van der Waals surface area contributed by atoms with E-state index < -0.39 is 0 Å². The van der Waals surface area contributed by atoms with Gasteiger partial charge < -0.3 is 4.42 Å². The van der Waals surface area contributed by atoms with Gasteiger partial charge in [0.25, 0.3) is 5.91 Å². The van der Waals surface area contributed by atoms with Crippen molar-refractivity contribution in [2.24, 2.45) is 4.99 Å². The number of aryl methyl sites for hydroxylation is 1.